The van der Waals surface area contributed by atoms with E-state index in [0.29, 0.717) is 11.0 Å². The molecule has 36 heavy (non-hydrogen) atoms. The second-order valence-corrected chi connectivity index (χ2v) is 10.8. The molecule has 0 unspecified atom stereocenters. The molecular formula is C29H32N4O2S. The molecule has 0 aliphatic heterocycles. The predicted octanol–water partition coefficient (Wildman–Crippen LogP) is 6.49. The molecule has 1 heterocycles. The molecule has 6 nitrogen and oxygen atoms in total. The van der Waals surface area contributed by atoms with Gasteiger partial charge in [0.25, 0.3) is 0 Å². The van der Waals surface area contributed by atoms with Gasteiger partial charge < -0.3 is 10.1 Å². The van der Waals surface area contributed by atoms with E-state index < -0.39 is 0 Å². The number of amides is 1. The summed E-state index contributed by atoms with van der Waals surface area (Å²) in [5.41, 5.74) is 5.30. The smallest absolute Gasteiger partial charge is 0.234 e. The number of aryl methyl sites for hydroxylation is 2. The molecule has 0 fully saturated rings. The van der Waals surface area contributed by atoms with Crippen molar-refractivity contribution < 1.29 is 9.53 Å². The maximum atomic E-state index is 12.6. The van der Waals surface area contributed by atoms with Crippen molar-refractivity contribution in [2.45, 2.75) is 51.8 Å². The summed E-state index contributed by atoms with van der Waals surface area (Å²) in [6.45, 7) is 10.9. The fourth-order valence-corrected chi connectivity index (χ4v) is 4.46. The first kappa shape index (κ1) is 25.5. The summed E-state index contributed by atoms with van der Waals surface area (Å²) in [4.78, 5) is 12.6. The molecule has 1 N–H and O–H groups in total. The van der Waals surface area contributed by atoms with Crippen LogP contribution in [0, 0.1) is 13.8 Å². The number of rotatable bonds is 8. The molecule has 4 aromatic rings. The molecule has 7 heteroatoms. The van der Waals surface area contributed by atoms with Crippen LogP contribution in [0.1, 0.15) is 43.3 Å². The lowest BCUT2D eigenvalue weighted by molar-refractivity contribution is -0.113. The highest BCUT2D eigenvalue weighted by Gasteiger charge is 2.17. The Labute approximate surface area is 217 Å². The van der Waals surface area contributed by atoms with Crippen LogP contribution in [0.25, 0.3) is 5.69 Å². The molecule has 0 radical (unpaired) electrons. The molecule has 4 rings (SSSR count). The van der Waals surface area contributed by atoms with Crippen LogP contribution in [0.2, 0.25) is 0 Å². The Balaban J connectivity index is 1.50. The zero-order chi connectivity index (χ0) is 25.7. The summed E-state index contributed by atoms with van der Waals surface area (Å²) < 4.78 is 8.01. The van der Waals surface area contributed by atoms with Gasteiger partial charge in [0.15, 0.2) is 11.0 Å². The number of carbonyl (C=O) groups excluding carboxylic acids is 1. The van der Waals surface area contributed by atoms with Crippen LogP contribution < -0.4 is 10.1 Å². The van der Waals surface area contributed by atoms with Gasteiger partial charge in [0.2, 0.25) is 5.91 Å². The highest BCUT2D eigenvalue weighted by Crippen LogP contribution is 2.26. The average Bonchev–Trinajstić information content (AvgIpc) is 3.24. The van der Waals surface area contributed by atoms with E-state index in [1.165, 1.54) is 17.3 Å². The number of nitrogens with one attached hydrogen (secondary N) is 1. The first-order chi connectivity index (χ1) is 17.2. The van der Waals surface area contributed by atoms with E-state index in [9.17, 15) is 4.79 Å². The fourth-order valence-electron chi connectivity index (χ4n) is 3.69. The third-order valence-electron chi connectivity index (χ3n) is 5.72. The summed E-state index contributed by atoms with van der Waals surface area (Å²) in [6.07, 6.45) is 0. The van der Waals surface area contributed by atoms with Crippen molar-refractivity contribution in [2.75, 3.05) is 11.1 Å². The van der Waals surface area contributed by atoms with Gasteiger partial charge in [-0.15, -0.1) is 10.2 Å². The van der Waals surface area contributed by atoms with Gasteiger partial charge in [-0.25, -0.2) is 0 Å². The van der Waals surface area contributed by atoms with Crippen molar-refractivity contribution >= 4 is 23.4 Å². The van der Waals surface area contributed by atoms with Crippen molar-refractivity contribution in [1.82, 2.24) is 14.8 Å². The lowest BCUT2D eigenvalue weighted by atomic mass is 9.87. The van der Waals surface area contributed by atoms with Crippen molar-refractivity contribution in [1.29, 1.82) is 0 Å². The number of ether oxygens (including phenoxy) is 1. The minimum absolute atomic E-state index is 0.0852. The van der Waals surface area contributed by atoms with Crippen molar-refractivity contribution in [3.8, 4) is 11.4 Å². The first-order valence-corrected chi connectivity index (χ1v) is 12.9. The Morgan fingerprint density at radius 2 is 1.67 bits per heavy atom. The Bertz CT molecular complexity index is 1320. The Morgan fingerprint density at radius 1 is 0.944 bits per heavy atom. The van der Waals surface area contributed by atoms with Crippen molar-refractivity contribution in [3.63, 3.8) is 0 Å². The molecule has 186 valence electrons. The van der Waals surface area contributed by atoms with Gasteiger partial charge in [-0.2, -0.15) is 0 Å². The Hall–Kier alpha value is -3.58. The third-order valence-corrected chi connectivity index (χ3v) is 6.64. The van der Waals surface area contributed by atoms with E-state index >= 15 is 0 Å². The molecular weight excluding hydrogens is 468 g/mol. The van der Waals surface area contributed by atoms with Gasteiger partial charge in [-0.3, -0.25) is 9.36 Å². The standard InChI is InChI=1S/C29H32N4O2S/c1-20-9-13-24(14-10-20)33-26(18-35-25-15-11-22(12-16-25)29(3,4)5)31-32-28(33)36-19-27(34)30-23-8-6-7-21(2)17-23/h6-17H,18-19H2,1-5H3,(H,30,34). The molecule has 0 atom stereocenters. The van der Waals surface area contributed by atoms with E-state index in [0.717, 1.165) is 28.3 Å². The number of anilines is 1. The van der Waals surface area contributed by atoms with Crippen LogP contribution in [0.3, 0.4) is 0 Å². The molecule has 0 aliphatic carbocycles. The molecule has 3 aromatic carbocycles. The number of hydrogen-bond donors (Lipinski definition) is 1. The maximum Gasteiger partial charge on any atom is 0.234 e. The second-order valence-electron chi connectivity index (χ2n) is 9.84. The molecule has 0 bridgehead atoms. The second kappa shape index (κ2) is 11.0. The number of carbonyl (C=O) groups is 1. The Kier molecular flexibility index (Phi) is 7.79. The van der Waals surface area contributed by atoms with Crippen molar-refractivity contribution in [3.05, 3.63) is 95.3 Å². The predicted molar refractivity (Wildman–Crippen MR) is 146 cm³/mol. The SMILES string of the molecule is Cc1ccc(-n2c(COc3ccc(C(C)(C)C)cc3)nnc2SCC(=O)Nc2cccc(C)c2)cc1. The zero-order valence-corrected chi connectivity index (χ0v) is 22.2. The highest BCUT2D eigenvalue weighted by molar-refractivity contribution is 7.99. The maximum absolute atomic E-state index is 12.6. The largest absolute Gasteiger partial charge is 0.486 e. The van der Waals surface area contributed by atoms with Crippen LogP contribution in [-0.4, -0.2) is 26.4 Å². The minimum Gasteiger partial charge on any atom is -0.486 e. The molecule has 0 spiro atoms. The van der Waals surface area contributed by atoms with Crippen molar-refractivity contribution in [2.24, 2.45) is 0 Å². The lowest BCUT2D eigenvalue weighted by Crippen LogP contribution is -2.15. The Morgan fingerprint density at radius 3 is 2.33 bits per heavy atom. The molecule has 0 saturated carbocycles. The summed E-state index contributed by atoms with van der Waals surface area (Å²) >= 11 is 1.35. The van der Waals surface area contributed by atoms with Crippen LogP contribution in [0.5, 0.6) is 5.75 Å². The van der Waals surface area contributed by atoms with Gasteiger partial charge in [0.1, 0.15) is 12.4 Å². The number of thioether (sulfide) groups is 1. The van der Waals surface area contributed by atoms with Gasteiger partial charge in [0, 0.05) is 11.4 Å². The number of aromatic nitrogens is 3. The summed E-state index contributed by atoms with van der Waals surface area (Å²) in [5.74, 6) is 1.56. The lowest BCUT2D eigenvalue weighted by Gasteiger charge is -2.19. The van der Waals surface area contributed by atoms with E-state index in [4.69, 9.17) is 4.74 Å². The quantitative estimate of drug-likeness (QED) is 0.280. The van der Waals surface area contributed by atoms with Crippen LogP contribution >= 0.6 is 11.8 Å². The van der Waals surface area contributed by atoms with Crippen LogP contribution in [0.4, 0.5) is 5.69 Å². The van der Waals surface area contributed by atoms with Gasteiger partial charge in [-0.1, -0.05) is 74.5 Å². The van der Waals surface area contributed by atoms with Gasteiger partial charge in [0.05, 0.1) is 5.75 Å². The van der Waals surface area contributed by atoms with E-state index in [-0.39, 0.29) is 23.7 Å². The number of nitrogens with zero attached hydrogens (tertiary/aromatic N) is 3. The zero-order valence-electron chi connectivity index (χ0n) is 21.4. The molecule has 0 aliphatic rings. The highest BCUT2D eigenvalue weighted by atomic mass is 32.2. The van der Waals surface area contributed by atoms with Crippen LogP contribution in [-0.2, 0) is 16.8 Å². The normalized spacial score (nSPS) is 11.4. The molecule has 1 aromatic heterocycles. The van der Waals surface area contributed by atoms with E-state index in [2.05, 4.69) is 48.4 Å². The van der Waals surface area contributed by atoms with E-state index in [1.807, 2.05) is 79.1 Å². The van der Waals surface area contributed by atoms with E-state index in [1.54, 1.807) is 0 Å². The summed E-state index contributed by atoms with van der Waals surface area (Å²) in [6, 6.07) is 24.0. The molecule has 1 amide bonds. The van der Waals surface area contributed by atoms with Gasteiger partial charge >= 0.3 is 0 Å². The monoisotopic (exact) mass is 500 g/mol. The number of hydrogen-bond acceptors (Lipinski definition) is 5. The average molecular weight is 501 g/mol. The third kappa shape index (κ3) is 6.55. The van der Waals surface area contributed by atoms with Crippen LogP contribution in [0.15, 0.2) is 78.0 Å². The summed E-state index contributed by atoms with van der Waals surface area (Å²) in [5, 5.41) is 12.4. The minimum atomic E-state index is -0.0965. The fraction of sp³-hybridized carbons (Fsp3) is 0.276. The first-order valence-electron chi connectivity index (χ1n) is 11.9. The molecule has 0 saturated heterocycles. The topological polar surface area (TPSA) is 69.0 Å². The van der Waals surface area contributed by atoms with Gasteiger partial charge in [-0.05, 0) is 66.8 Å². The summed E-state index contributed by atoms with van der Waals surface area (Å²) in [7, 11) is 0. The number of benzene rings is 3.